The summed E-state index contributed by atoms with van der Waals surface area (Å²) in [4.78, 5) is 27.9. The van der Waals surface area contributed by atoms with E-state index in [0.717, 1.165) is 15.4 Å². The van der Waals surface area contributed by atoms with Gasteiger partial charge in [0.05, 0.1) is 10.6 Å². The Balaban J connectivity index is 2.05. The number of aryl methyl sites for hydroxylation is 2. The zero-order valence-electron chi connectivity index (χ0n) is 22.1. The van der Waals surface area contributed by atoms with E-state index in [-0.39, 0.29) is 17.0 Å². The van der Waals surface area contributed by atoms with Crippen molar-refractivity contribution in [3.05, 3.63) is 95.3 Å². The minimum absolute atomic E-state index is 0.0290. The Hall–Kier alpha value is -3.72. The van der Waals surface area contributed by atoms with Gasteiger partial charge in [0.1, 0.15) is 18.4 Å². The van der Waals surface area contributed by atoms with Gasteiger partial charge in [-0.3, -0.25) is 13.9 Å². The van der Waals surface area contributed by atoms with E-state index in [1.807, 2.05) is 26.8 Å². The Labute approximate surface area is 224 Å². The van der Waals surface area contributed by atoms with Gasteiger partial charge in [0.25, 0.3) is 10.0 Å². The maximum absolute atomic E-state index is 14.6. The predicted octanol–water partition coefficient (Wildman–Crippen LogP) is 4.58. The SMILES string of the molecule is CCCNC(=O)C(C)N(Cc1ccccc1F)C(=O)CN(c1cc(C)cc(C)c1)S(=O)(=O)c1ccccc1. The van der Waals surface area contributed by atoms with Crippen LogP contribution in [0.1, 0.15) is 37.0 Å². The molecule has 202 valence electrons. The summed E-state index contributed by atoms with van der Waals surface area (Å²) in [5.74, 6) is -1.55. The number of hydrogen-bond acceptors (Lipinski definition) is 4. The highest BCUT2D eigenvalue weighted by Crippen LogP contribution is 2.26. The molecule has 7 nitrogen and oxygen atoms in total. The van der Waals surface area contributed by atoms with Gasteiger partial charge < -0.3 is 10.2 Å². The quantitative estimate of drug-likeness (QED) is 0.387. The zero-order valence-corrected chi connectivity index (χ0v) is 23.0. The summed E-state index contributed by atoms with van der Waals surface area (Å²) in [5, 5.41) is 2.77. The summed E-state index contributed by atoms with van der Waals surface area (Å²) in [6, 6.07) is 18.2. The molecule has 0 saturated carbocycles. The van der Waals surface area contributed by atoms with Crippen LogP contribution in [0.15, 0.2) is 77.7 Å². The van der Waals surface area contributed by atoms with Gasteiger partial charge in [-0.05, 0) is 68.7 Å². The molecule has 0 aliphatic carbocycles. The number of carbonyl (C=O) groups is 2. The van der Waals surface area contributed by atoms with Crippen LogP contribution in [0.2, 0.25) is 0 Å². The molecule has 0 aliphatic rings. The Morgan fingerprint density at radius 3 is 2.16 bits per heavy atom. The van der Waals surface area contributed by atoms with Gasteiger partial charge in [-0.2, -0.15) is 0 Å². The normalized spacial score (nSPS) is 12.0. The Morgan fingerprint density at radius 1 is 0.947 bits per heavy atom. The van der Waals surface area contributed by atoms with Gasteiger partial charge in [0.2, 0.25) is 11.8 Å². The standard InChI is InChI=1S/C29H34FN3O4S/c1-5-15-31-29(35)23(4)32(19-24-11-9-10-14-27(24)30)28(34)20-33(25-17-21(2)16-22(3)18-25)38(36,37)26-12-7-6-8-13-26/h6-14,16-18,23H,5,15,19-20H2,1-4H3,(H,31,35). The van der Waals surface area contributed by atoms with Crippen LogP contribution in [0.5, 0.6) is 0 Å². The highest BCUT2D eigenvalue weighted by Gasteiger charge is 2.33. The third-order valence-corrected chi connectivity index (χ3v) is 7.91. The van der Waals surface area contributed by atoms with E-state index in [1.165, 1.54) is 35.2 Å². The van der Waals surface area contributed by atoms with Crippen molar-refractivity contribution in [2.24, 2.45) is 0 Å². The first-order valence-electron chi connectivity index (χ1n) is 12.5. The molecular weight excluding hydrogens is 505 g/mol. The number of sulfonamides is 1. The van der Waals surface area contributed by atoms with Crippen LogP contribution >= 0.6 is 0 Å². The number of rotatable bonds is 11. The zero-order chi connectivity index (χ0) is 27.9. The molecule has 0 aromatic heterocycles. The Bertz CT molecular complexity index is 1360. The van der Waals surface area contributed by atoms with Gasteiger partial charge in [0.15, 0.2) is 0 Å². The van der Waals surface area contributed by atoms with Crippen molar-refractivity contribution in [1.29, 1.82) is 0 Å². The fourth-order valence-electron chi connectivity index (χ4n) is 4.13. The lowest BCUT2D eigenvalue weighted by atomic mass is 10.1. The van der Waals surface area contributed by atoms with E-state index < -0.39 is 40.2 Å². The summed E-state index contributed by atoms with van der Waals surface area (Å²) in [5.41, 5.74) is 2.21. The largest absolute Gasteiger partial charge is 0.354 e. The van der Waals surface area contributed by atoms with Crippen LogP contribution < -0.4 is 9.62 Å². The van der Waals surface area contributed by atoms with Gasteiger partial charge >= 0.3 is 0 Å². The molecule has 1 atom stereocenters. The fraction of sp³-hybridized carbons (Fsp3) is 0.310. The number of benzene rings is 3. The molecule has 0 heterocycles. The molecule has 0 spiro atoms. The molecular formula is C29H34FN3O4S. The number of amides is 2. The van der Waals surface area contributed by atoms with Crippen molar-refractivity contribution < 1.29 is 22.4 Å². The molecule has 3 aromatic carbocycles. The first-order chi connectivity index (χ1) is 18.0. The number of hydrogen-bond donors (Lipinski definition) is 1. The van der Waals surface area contributed by atoms with Crippen LogP contribution in [0.25, 0.3) is 0 Å². The van der Waals surface area contributed by atoms with E-state index in [9.17, 15) is 22.4 Å². The molecule has 1 N–H and O–H groups in total. The van der Waals surface area contributed by atoms with Crippen molar-refractivity contribution in [2.75, 3.05) is 17.4 Å². The molecule has 1 unspecified atom stereocenters. The van der Waals surface area contributed by atoms with Crippen molar-refractivity contribution in [2.45, 2.75) is 51.6 Å². The second-order valence-corrected chi connectivity index (χ2v) is 11.1. The van der Waals surface area contributed by atoms with E-state index in [0.29, 0.717) is 18.7 Å². The minimum atomic E-state index is -4.15. The first kappa shape index (κ1) is 28.8. The molecule has 2 amide bonds. The average molecular weight is 540 g/mol. The van der Waals surface area contributed by atoms with Gasteiger partial charge in [-0.25, -0.2) is 12.8 Å². The lowest BCUT2D eigenvalue weighted by molar-refractivity contribution is -0.139. The summed E-state index contributed by atoms with van der Waals surface area (Å²) >= 11 is 0. The van der Waals surface area contributed by atoms with Crippen molar-refractivity contribution >= 4 is 27.5 Å². The lowest BCUT2D eigenvalue weighted by Gasteiger charge is -2.32. The van der Waals surface area contributed by atoms with E-state index in [2.05, 4.69) is 5.32 Å². The Morgan fingerprint density at radius 2 is 1.55 bits per heavy atom. The molecule has 0 fully saturated rings. The monoisotopic (exact) mass is 539 g/mol. The molecule has 3 aromatic rings. The number of carbonyl (C=O) groups excluding carboxylic acids is 2. The number of anilines is 1. The summed E-state index contributed by atoms with van der Waals surface area (Å²) in [6.07, 6.45) is 0.704. The van der Waals surface area contributed by atoms with Crippen molar-refractivity contribution in [1.82, 2.24) is 10.2 Å². The number of nitrogens with one attached hydrogen (secondary N) is 1. The van der Waals surface area contributed by atoms with Crippen LogP contribution in [0.4, 0.5) is 10.1 Å². The topological polar surface area (TPSA) is 86.8 Å². The molecule has 3 rings (SSSR count). The van der Waals surface area contributed by atoms with Crippen LogP contribution in [0, 0.1) is 19.7 Å². The van der Waals surface area contributed by atoms with Crippen LogP contribution in [0.3, 0.4) is 0 Å². The van der Waals surface area contributed by atoms with Crippen molar-refractivity contribution in [3.8, 4) is 0 Å². The molecule has 0 radical (unpaired) electrons. The molecule has 9 heteroatoms. The molecule has 0 saturated heterocycles. The number of nitrogens with zero attached hydrogens (tertiary/aromatic N) is 2. The van der Waals surface area contributed by atoms with E-state index >= 15 is 0 Å². The second-order valence-electron chi connectivity index (χ2n) is 9.25. The Kier molecular flexibility index (Phi) is 9.63. The first-order valence-corrected chi connectivity index (χ1v) is 13.9. The predicted molar refractivity (Wildman–Crippen MR) is 147 cm³/mol. The third kappa shape index (κ3) is 6.98. The third-order valence-electron chi connectivity index (χ3n) is 6.12. The van der Waals surface area contributed by atoms with Gasteiger partial charge in [-0.1, -0.05) is 49.4 Å². The second kappa shape index (κ2) is 12.7. The van der Waals surface area contributed by atoms with E-state index in [4.69, 9.17) is 0 Å². The van der Waals surface area contributed by atoms with Crippen LogP contribution in [-0.2, 0) is 26.2 Å². The molecule has 0 bridgehead atoms. The lowest BCUT2D eigenvalue weighted by Crippen LogP contribution is -2.51. The van der Waals surface area contributed by atoms with Gasteiger partial charge in [0, 0.05) is 18.7 Å². The molecule has 38 heavy (non-hydrogen) atoms. The van der Waals surface area contributed by atoms with Crippen LogP contribution in [-0.4, -0.2) is 44.3 Å². The number of halogens is 1. The fourth-order valence-corrected chi connectivity index (χ4v) is 5.55. The summed E-state index contributed by atoms with van der Waals surface area (Å²) in [6.45, 7) is 6.80. The minimum Gasteiger partial charge on any atom is -0.354 e. The van der Waals surface area contributed by atoms with E-state index in [1.54, 1.807) is 43.3 Å². The summed E-state index contributed by atoms with van der Waals surface area (Å²) < 4.78 is 43.2. The van der Waals surface area contributed by atoms with Crippen molar-refractivity contribution in [3.63, 3.8) is 0 Å². The summed E-state index contributed by atoms with van der Waals surface area (Å²) in [7, 11) is -4.15. The molecule has 0 aliphatic heterocycles. The van der Waals surface area contributed by atoms with Gasteiger partial charge in [-0.15, -0.1) is 0 Å². The highest BCUT2D eigenvalue weighted by molar-refractivity contribution is 7.92. The maximum atomic E-state index is 14.6. The maximum Gasteiger partial charge on any atom is 0.264 e. The average Bonchev–Trinajstić information content (AvgIpc) is 2.89. The highest BCUT2D eigenvalue weighted by atomic mass is 32.2. The smallest absolute Gasteiger partial charge is 0.264 e.